The van der Waals surface area contributed by atoms with Crippen LogP contribution in [-0.4, -0.2) is 20.9 Å². The zero-order valence-electron chi connectivity index (χ0n) is 9.12. The molecule has 0 aliphatic rings. The van der Waals surface area contributed by atoms with Crippen molar-refractivity contribution in [1.29, 1.82) is 0 Å². The van der Waals surface area contributed by atoms with Gasteiger partial charge in [0.25, 0.3) is 0 Å². The molecule has 0 saturated carbocycles. The second-order valence-electron chi connectivity index (χ2n) is 3.61. The zero-order chi connectivity index (χ0) is 13.4. The van der Waals surface area contributed by atoms with Gasteiger partial charge in [0.15, 0.2) is 5.69 Å². The molecule has 1 aromatic carbocycles. The first kappa shape index (κ1) is 13.2. The lowest BCUT2D eigenvalue weighted by atomic mass is 10.2. The molecule has 1 aromatic heterocycles. The third-order valence-electron chi connectivity index (χ3n) is 2.35. The van der Waals surface area contributed by atoms with Crippen LogP contribution in [0.15, 0.2) is 18.3 Å². The van der Waals surface area contributed by atoms with E-state index in [1.54, 1.807) is 6.92 Å². The van der Waals surface area contributed by atoms with Gasteiger partial charge in [0.2, 0.25) is 0 Å². The molecule has 0 amide bonds. The third-order valence-corrected chi connectivity index (χ3v) is 3.14. The van der Waals surface area contributed by atoms with E-state index in [4.69, 9.17) is 39.9 Å². The smallest absolute Gasteiger partial charge is 0.354 e. The maximum absolute atomic E-state index is 11.2. The van der Waals surface area contributed by atoms with Crippen LogP contribution in [0.3, 0.4) is 0 Å². The van der Waals surface area contributed by atoms with Gasteiger partial charge in [-0.25, -0.2) is 9.48 Å². The lowest BCUT2D eigenvalue weighted by Gasteiger charge is -2.10. The minimum Gasteiger partial charge on any atom is -0.477 e. The van der Waals surface area contributed by atoms with Gasteiger partial charge in [-0.1, -0.05) is 34.8 Å². The van der Waals surface area contributed by atoms with E-state index in [-0.39, 0.29) is 15.7 Å². The fraction of sp³-hybridized carbons (Fsp3) is 0.0909. The van der Waals surface area contributed by atoms with Gasteiger partial charge in [-0.2, -0.15) is 5.10 Å². The van der Waals surface area contributed by atoms with Gasteiger partial charge in [0, 0.05) is 10.6 Å². The highest BCUT2D eigenvalue weighted by Gasteiger charge is 2.20. The van der Waals surface area contributed by atoms with E-state index in [9.17, 15) is 4.79 Å². The van der Waals surface area contributed by atoms with Crippen LogP contribution in [0.4, 0.5) is 0 Å². The molecule has 0 bridgehead atoms. The Morgan fingerprint density at radius 2 is 1.83 bits per heavy atom. The van der Waals surface area contributed by atoms with Crippen LogP contribution >= 0.6 is 34.8 Å². The summed E-state index contributed by atoms with van der Waals surface area (Å²) in [6, 6.07) is 2.96. The Hall–Kier alpha value is -1.23. The first-order valence-electron chi connectivity index (χ1n) is 4.84. The summed E-state index contributed by atoms with van der Waals surface area (Å²) in [5.41, 5.74) is 0.832. The molecule has 2 rings (SSSR count). The summed E-state index contributed by atoms with van der Waals surface area (Å²) in [6.07, 6.45) is 1.44. The van der Waals surface area contributed by atoms with Crippen LogP contribution in [0.25, 0.3) is 5.69 Å². The van der Waals surface area contributed by atoms with Crippen molar-refractivity contribution in [3.8, 4) is 5.69 Å². The molecule has 2 aromatic rings. The van der Waals surface area contributed by atoms with Gasteiger partial charge in [0.05, 0.1) is 16.2 Å². The highest BCUT2D eigenvalue weighted by atomic mass is 35.5. The molecule has 0 spiro atoms. The van der Waals surface area contributed by atoms with Crippen LogP contribution in [0.1, 0.15) is 16.1 Å². The first-order valence-corrected chi connectivity index (χ1v) is 5.98. The molecule has 0 radical (unpaired) electrons. The molecule has 4 nitrogen and oxygen atoms in total. The summed E-state index contributed by atoms with van der Waals surface area (Å²) in [5.74, 6) is -1.10. The predicted molar refractivity (Wildman–Crippen MR) is 70.3 cm³/mol. The normalized spacial score (nSPS) is 10.7. The van der Waals surface area contributed by atoms with Crippen molar-refractivity contribution >= 4 is 40.8 Å². The number of hydrogen-bond acceptors (Lipinski definition) is 2. The fourth-order valence-electron chi connectivity index (χ4n) is 1.60. The molecule has 1 N–H and O–H groups in total. The fourth-order valence-corrected chi connectivity index (χ4v) is 2.57. The largest absolute Gasteiger partial charge is 0.477 e. The molecule has 0 fully saturated rings. The monoisotopic (exact) mass is 304 g/mol. The average Bonchev–Trinajstić information content (AvgIpc) is 2.58. The van der Waals surface area contributed by atoms with Crippen molar-refractivity contribution in [3.63, 3.8) is 0 Å². The number of aromatic carboxylic acids is 1. The van der Waals surface area contributed by atoms with Gasteiger partial charge < -0.3 is 5.11 Å². The molecular formula is C11H7Cl3N2O2. The van der Waals surface area contributed by atoms with E-state index in [1.807, 2.05) is 0 Å². The Kier molecular flexibility index (Phi) is 3.52. The van der Waals surface area contributed by atoms with Gasteiger partial charge in [-0.3, -0.25) is 0 Å². The van der Waals surface area contributed by atoms with Crippen molar-refractivity contribution < 1.29 is 9.90 Å². The van der Waals surface area contributed by atoms with E-state index in [2.05, 4.69) is 5.10 Å². The molecule has 7 heteroatoms. The van der Waals surface area contributed by atoms with Gasteiger partial charge in [-0.05, 0) is 19.1 Å². The van der Waals surface area contributed by atoms with E-state index in [0.717, 1.165) is 0 Å². The molecule has 0 aliphatic carbocycles. The summed E-state index contributed by atoms with van der Waals surface area (Å²) in [7, 11) is 0. The quantitative estimate of drug-likeness (QED) is 0.917. The molecule has 0 atom stereocenters. The average molecular weight is 306 g/mol. The number of aryl methyl sites for hydroxylation is 1. The number of aromatic nitrogens is 2. The second-order valence-corrected chi connectivity index (χ2v) is 4.86. The Morgan fingerprint density at radius 1 is 1.28 bits per heavy atom. The van der Waals surface area contributed by atoms with Crippen molar-refractivity contribution in [2.75, 3.05) is 0 Å². The van der Waals surface area contributed by atoms with Crippen LogP contribution in [0, 0.1) is 6.92 Å². The molecule has 18 heavy (non-hydrogen) atoms. The topological polar surface area (TPSA) is 55.1 Å². The number of rotatable bonds is 2. The second kappa shape index (κ2) is 4.80. The standard InChI is InChI=1S/C11H7Cl3N2O2/c1-5-4-15-16(9(5)11(17)18)10-7(13)2-6(12)3-8(10)14/h2-4H,1H3,(H,17,18). The maximum atomic E-state index is 11.2. The van der Waals surface area contributed by atoms with Crippen LogP contribution in [-0.2, 0) is 0 Å². The lowest BCUT2D eigenvalue weighted by Crippen LogP contribution is -2.10. The lowest BCUT2D eigenvalue weighted by molar-refractivity contribution is 0.0686. The summed E-state index contributed by atoms with van der Waals surface area (Å²) in [4.78, 5) is 11.2. The molecule has 0 unspecified atom stereocenters. The van der Waals surface area contributed by atoms with E-state index >= 15 is 0 Å². The van der Waals surface area contributed by atoms with E-state index < -0.39 is 5.97 Å². The Labute approximate surface area is 118 Å². The number of carboxylic acids is 1. The number of carbonyl (C=O) groups is 1. The van der Waals surface area contributed by atoms with Crippen LogP contribution in [0.5, 0.6) is 0 Å². The van der Waals surface area contributed by atoms with Crippen molar-refractivity contribution in [1.82, 2.24) is 9.78 Å². The number of nitrogens with zero attached hydrogens (tertiary/aromatic N) is 2. The van der Waals surface area contributed by atoms with Crippen molar-refractivity contribution in [2.24, 2.45) is 0 Å². The Balaban J connectivity index is 2.74. The predicted octanol–water partition coefficient (Wildman–Crippen LogP) is 3.84. The molecule has 1 heterocycles. The van der Waals surface area contributed by atoms with Gasteiger partial charge in [-0.15, -0.1) is 0 Å². The summed E-state index contributed by atoms with van der Waals surface area (Å²) in [6.45, 7) is 1.64. The zero-order valence-corrected chi connectivity index (χ0v) is 11.4. The number of halogens is 3. The molecule has 0 saturated heterocycles. The number of carboxylic acid groups (broad SMARTS) is 1. The van der Waals surface area contributed by atoms with Crippen LogP contribution < -0.4 is 0 Å². The van der Waals surface area contributed by atoms with E-state index in [0.29, 0.717) is 16.3 Å². The molecule has 94 valence electrons. The van der Waals surface area contributed by atoms with Gasteiger partial charge in [0.1, 0.15) is 5.69 Å². The minimum absolute atomic E-state index is 0.0149. The minimum atomic E-state index is -1.10. The molecular weight excluding hydrogens is 298 g/mol. The third kappa shape index (κ3) is 2.19. The van der Waals surface area contributed by atoms with Crippen molar-refractivity contribution in [3.05, 3.63) is 44.7 Å². The number of benzene rings is 1. The Bertz CT molecular complexity index is 614. The van der Waals surface area contributed by atoms with Crippen LogP contribution in [0.2, 0.25) is 15.1 Å². The van der Waals surface area contributed by atoms with Crippen molar-refractivity contribution in [2.45, 2.75) is 6.92 Å². The maximum Gasteiger partial charge on any atom is 0.354 e. The summed E-state index contributed by atoms with van der Waals surface area (Å²) in [5, 5.41) is 14.0. The van der Waals surface area contributed by atoms with E-state index in [1.165, 1.54) is 23.0 Å². The Morgan fingerprint density at radius 3 is 2.33 bits per heavy atom. The molecule has 0 aliphatic heterocycles. The number of hydrogen-bond donors (Lipinski definition) is 1. The SMILES string of the molecule is Cc1cnn(-c2c(Cl)cc(Cl)cc2Cl)c1C(=O)O. The summed E-state index contributed by atoms with van der Waals surface area (Å²) >= 11 is 17.9. The highest BCUT2D eigenvalue weighted by Crippen LogP contribution is 2.33. The highest BCUT2D eigenvalue weighted by molar-refractivity contribution is 6.40. The first-order chi connectivity index (χ1) is 8.41. The van der Waals surface area contributed by atoms with Gasteiger partial charge >= 0.3 is 5.97 Å². The summed E-state index contributed by atoms with van der Waals surface area (Å²) < 4.78 is 1.19.